The van der Waals surface area contributed by atoms with Crippen molar-refractivity contribution in [3.05, 3.63) is 34.3 Å². The highest BCUT2D eigenvalue weighted by Gasteiger charge is 2.38. The van der Waals surface area contributed by atoms with Crippen molar-refractivity contribution in [2.75, 3.05) is 19.7 Å². The Labute approximate surface area is 177 Å². The third-order valence-corrected chi connectivity index (χ3v) is 5.03. The van der Waals surface area contributed by atoms with Crippen LogP contribution < -0.4 is 10.6 Å². The molecule has 2 rings (SSSR count). The maximum Gasteiger partial charge on any atom is 0.191 e. The predicted octanol–water partition coefficient (Wildman–Crippen LogP) is 4.28. The van der Waals surface area contributed by atoms with Crippen molar-refractivity contribution >= 4 is 45.9 Å². The number of aliphatic imine (C=N–C) groups is 1. The average molecular weight is 524 g/mol. The summed E-state index contributed by atoms with van der Waals surface area (Å²) in [6.45, 7) is 6.16. The van der Waals surface area contributed by atoms with Crippen molar-refractivity contribution < 1.29 is 5.11 Å². The van der Waals surface area contributed by atoms with Gasteiger partial charge in [0.2, 0.25) is 0 Å². The van der Waals surface area contributed by atoms with Crippen LogP contribution in [-0.2, 0) is 0 Å². The highest BCUT2D eigenvalue weighted by Crippen LogP contribution is 2.40. The van der Waals surface area contributed by atoms with Crippen molar-refractivity contribution in [3.63, 3.8) is 0 Å². The van der Waals surface area contributed by atoms with Crippen LogP contribution in [0, 0.1) is 5.92 Å². The average Bonchev–Trinajstić information content (AvgIpc) is 3.33. The minimum absolute atomic E-state index is 0. The van der Waals surface area contributed by atoms with Crippen molar-refractivity contribution in [2.45, 2.75) is 51.5 Å². The number of benzene rings is 1. The van der Waals surface area contributed by atoms with Gasteiger partial charge in [-0.25, -0.2) is 0 Å². The molecular weight excluding hydrogens is 493 g/mol. The summed E-state index contributed by atoms with van der Waals surface area (Å²) < 4.78 is 1.12. The number of halogens is 2. The van der Waals surface area contributed by atoms with Crippen molar-refractivity contribution in [3.8, 4) is 0 Å². The molecule has 6 heteroatoms. The van der Waals surface area contributed by atoms with Crippen molar-refractivity contribution in [1.29, 1.82) is 0 Å². The quantitative estimate of drug-likeness (QED) is 0.257. The van der Waals surface area contributed by atoms with Crippen molar-refractivity contribution in [1.82, 2.24) is 10.6 Å². The number of nitrogens with zero attached hydrogens (tertiary/aromatic N) is 1. The zero-order valence-electron chi connectivity index (χ0n) is 15.2. The van der Waals surface area contributed by atoms with E-state index in [4.69, 9.17) is 4.99 Å². The lowest BCUT2D eigenvalue weighted by molar-refractivity contribution is 0.253. The molecule has 3 unspecified atom stereocenters. The molecule has 1 aliphatic rings. The third kappa shape index (κ3) is 7.83. The zero-order valence-corrected chi connectivity index (χ0v) is 19.1. The van der Waals surface area contributed by atoms with Gasteiger partial charge in [0.1, 0.15) is 0 Å². The van der Waals surface area contributed by atoms with E-state index in [1.807, 2.05) is 0 Å². The van der Waals surface area contributed by atoms with E-state index in [1.54, 1.807) is 0 Å². The first-order valence-electron chi connectivity index (χ1n) is 9.09. The van der Waals surface area contributed by atoms with E-state index in [-0.39, 0.29) is 30.6 Å². The summed E-state index contributed by atoms with van der Waals surface area (Å²) in [5, 5.41) is 16.1. The molecule has 4 nitrogen and oxygen atoms in total. The first kappa shape index (κ1) is 22.7. The molecule has 0 saturated heterocycles. The van der Waals surface area contributed by atoms with Crippen LogP contribution in [0.4, 0.5) is 0 Å². The fourth-order valence-corrected chi connectivity index (χ4v) is 3.33. The van der Waals surface area contributed by atoms with Gasteiger partial charge in [-0.1, -0.05) is 41.4 Å². The Bertz CT molecular complexity index is 518. The SMILES string of the molecule is CCCC(CCO)CN=C(NCC)NC1CC1c1ccc(Br)cc1.I. The van der Waals surface area contributed by atoms with Crippen LogP contribution in [0.25, 0.3) is 0 Å². The van der Waals surface area contributed by atoms with E-state index < -0.39 is 0 Å². The van der Waals surface area contributed by atoms with E-state index in [2.05, 4.69) is 64.7 Å². The highest BCUT2D eigenvalue weighted by molar-refractivity contribution is 14.0. The number of aliphatic hydroxyl groups excluding tert-OH is 1. The van der Waals surface area contributed by atoms with Crippen LogP contribution in [0.1, 0.15) is 51.0 Å². The lowest BCUT2D eigenvalue weighted by Crippen LogP contribution is -2.39. The van der Waals surface area contributed by atoms with Crippen molar-refractivity contribution in [2.24, 2.45) is 10.9 Å². The molecule has 0 bridgehead atoms. The Hall–Kier alpha value is -0.340. The van der Waals surface area contributed by atoms with Gasteiger partial charge in [0, 0.05) is 36.1 Å². The second-order valence-electron chi connectivity index (χ2n) is 6.53. The number of nitrogens with one attached hydrogen (secondary N) is 2. The molecular formula is C19H31BrIN3O. The molecule has 1 saturated carbocycles. The maximum absolute atomic E-state index is 9.18. The minimum atomic E-state index is 0. The smallest absolute Gasteiger partial charge is 0.191 e. The Morgan fingerprint density at radius 3 is 2.60 bits per heavy atom. The van der Waals surface area contributed by atoms with Crippen LogP contribution in [0.5, 0.6) is 0 Å². The maximum atomic E-state index is 9.18. The molecule has 142 valence electrons. The van der Waals surface area contributed by atoms with Crippen LogP contribution in [0.3, 0.4) is 0 Å². The van der Waals surface area contributed by atoms with Crippen LogP contribution in [-0.4, -0.2) is 36.8 Å². The van der Waals surface area contributed by atoms with Gasteiger partial charge in [-0.15, -0.1) is 24.0 Å². The van der Waals surface area contributed by atoms with Gasteiger partial charge in [-0.2, -0.15) is 0 Å². The Kier molecular flexibility index (Phi) is 11.0. The fraction of sp³-hybridized carbons (Fsp3) is 0.632. The Balaban J connectivity index is 0.00000312. The van der Waals surface area contributed by atoms with E-state index in [1.165, 1.54) is 5.56 Å². The molecule has 25 heavy (non-hydrogen) atoms. The molecule has 0 amide bonds. The summed E-state index contributed by atoms with van der Waals surface area (Å²) in [4.78, 5) is 4.75. The Morgan fingerprint density at radius 1 is 1.28 bits per heavy atom. The summed E-state index contributed by atoms with van der Waals surface area (Å²) in [7, 11) is 0. The summed E-state index contributed by atoms with van der Waals surface area (Å²) in [6.07, 6.45) is 4.25. The second kappa shape index (κ2) is 12.1. The molecule has 1 fully saturated rings. The molecule has 0 spiro atoms. The number of aliphatic hydroxyl groups is 1. The highest BCUT2D eigenvalue weighted by atomic mass is 127. The molecule has 0 aliphatic heterocycles. The van der Waals surface area contributed by atoms with Gasteiger partial charge in [-0.05, 0) is 49.8 Å². The van der Waals surface area contributed by atoms with Gasteiger partial charge >= 0.3 is 0 Å². The molecule has 0 radical (unpaired) electrons. The molecule has 0 heterocycles. The van der Waals surface area contributed by atoms with Crippen LogP contribution >= 0.6 is 39.9 Å². The normalized spacial score (nSPS) is 20.6. The summed E-state index contributed by atoms with van der Waals surface area (Å²) in [5.41, 5.74) is 1.38. The lowest BCUT2D eigenvalue weighted by atomic mass is 10.0. The van der Waals surface area contributed by atoms with Crippen LogP contribution in [0.15, 0.2) is 33.7 Å². The third-order valence-electron chi connectivity index (χ3n) is 4.50. The standard InChI is InChI=1S/C19H30BrN3O.HI/c1-3-5-14(10-11-24)13-22-19(21-4-2)23-18-12-17(18)15-6-8-16(20)9-7-15;/h6-9,14,17-18,24H,3-5,10-13H2,1-2H3,(H2,21,22,23);1H. The second-order valence-corrected chi connectivity index (χ2v) is 7.45. The first-order valence-corrected chi connectivity index (χ1v) is 9.88. The Morgan fingerprint density at radius 2 is 2.00 bits per heavy atom. The van der Waals surface area contributed by atoms with E-state index in [0.29, 0.717) is 17.9 Å². The number of rotatable bonds is 9. The minimum Gasteiger partial charge on any atom is -0.396 e. The summed E-state index contributed by atoms with van der Waals surface area (Å²) in [5.74, 6) is 1.95. The number of guanidine groups is 1. The number of hydrogen-bond acceptors (Lipinski definition) is 2. The van der Waals surface area contributed by atoms with Gasteiger partial charge in [0.25, 0.3) is 0 Å². The summed E-state index contributed by atoms with van der Waals surface area (Å²) in [6, 6.07) is 9.06. The summed E-state index contributed by atoms with van der Waals surface area (Å²) >= 11 is 3.49. The van der Waals surface area contributed by atoms with E-state index >= 15 is 0 Å². The first-order chi connectivity index (χ1) is 11.7. The lowest BCUT2D eigenvalue weighted by Gasteiger charge is -2.15. The van der Waals surface area contributed by atoms with Gasteiger partial charge < -0.3 is 15.7 Å². The number of hydrogen-bond donors (Lipinski definition) is 3. The van der Waals surface area contributed by atoms with E-state index in [9.17, 15) is 5.11 Å². The van der Waals surface area contributed by atoms with Gasteiger partial charge in [0.05, 0.1) is 0 Å². The van der Waals surface area contributed by atoms with Gasteiger partial charge in [0.15, 0.2) is 5.96 Å². The predicted molar refractivity (Wildman–Crippen MR) is 120 cm³/mol. The van der Waals surface area contributed by atoms with Gasteiger partial charge in [-0.3, -0.25) is 4.99 Å². The topological polar surface area (TPSA) is 56.7 Å². The zero-order chi connectivity index (χ0) is 17.4. The molecule has 1 aliphatic carbocycles. The van der Waals surface area contributed by atoms with Crippen LogP contribution in [0.2, 0.25) is 0 Å². The molecule has 1 aromatic rings. The monoisotopic (exact) mass is 523 g/mol. The largest absolute Gasteiger partial charge is 0.396 e. The fourth-order valence-electron chi connectivity index (χ4n) is 3.07. The van der Waals surface area contributed by atoms with E-state index in [0.717, 1.165) is 49.2 Å². The molecule has 3 atom stereocenters. The molecule has 3 N–H and O–H groups in total. The molecule has 0 aromatic heterocycles. The molecule has 1 aromatic carbocycles.